The number of aliphatic hydroxyl groups is 1. The van der Waals surface area contributed by atoms with Crippen LogP contribution in [0.25, 0.3) is 4.85 Å². The number of allylic oxidation sites excluding steroid dienone is 1. The number of carbonyl (C=O) groups is 1. The number of esters is 1. The number of alkyl halides is 3. The van der Waals surface area contributed by atoms with E-state index in [-0.39, 0.29) is 23.7 Å². The van der Waals surface area contributed by atoms with Crippen molar-refractivity contribution < 1.29 is 44.9 Å². The number of hydrogen-bond acceptors (Lipinski definition) is 3. The summed E-state index contributed by atoms with van der Waals surface area (Å²) < 4.78 is 39.6. The summed E-state index contributed by atoms with van der Waals surface area (Å²) in [6.45, 7) is 7.47. The second-order valence-corrected chi connectivity index (χ2v) is 2.03. The van der Waals surface area contributed by atoms with Gasteiger partial charge in [-0.25, -0.2) is 4.85 Å². The molecule has 0 aliphatic carbocycles. The summed E-state index contributed by atoms with van der Waals surface area (Å²) in [6, 6.07) is 0. The topological polar surface area (TPSA) is 50.9 Å². The maximum absolute atomic E-state index is 11.8. The Morgan fingerprint density at radius 2 is 2.00 bits per heavy atom. The zero-order chi connectivity index (χ0) is 11.4. The van der Waals surface area contributed by atoms with Gasteiger partial charge in [0.1, 0.15) is 0 Å². The molecule has 0 amide bonds. The Labute approximate surface area is 94.0 Å². The maximum Gasteiger partial charge on any atom is 0.438 e. The normalized spacial score (nSPS) is 11.9. The van der Waals surface area contributed by atoms with E-state index in [0.717, 1.165) is 0 Å². The van der Waals surface area contributed by atoms with Crippen LogP contribution in [0, 0.1) is 6.57 Å². The third kappa shape index (κ3) is 4.72. The first-order valence-electron chi connectivity index (χ1n) is 3.39. The van der Waals surface area contributed by atoms with Crippen LogP contribution in [0.4, 0.5) is 13.2 Å². The molecule has 0 heterocycles. The van der Waals surface area contributed by atoms with Gasteiger partial charge in [0.25, 0.3) is 0 Å². The first-order valence-corrected chi connectivity index (χ1v) is 3.39. The number of rotatable bonds is 2. The van der Waals surface area contributed by atoms with Crippen molar-refractivity contribution in [2.24, 2.45) is 0 Å². The van der Waals surface area contributed by atoms with Gasteiger partial charge in [0, 0.05) is 17.1 Å². The van der Waals surface area contributed by atoms with Crippen LogP contribution in [-0.2, 0) is 26.6 Å². The van der Waals surface area contributed by atoms with Crippen molar-refractivity contribution in [3.05, 3.63) is 22.9 Å². The van der Waals surface area contributed by atoms with Crippen molar-refractivity contribution in [2.75, 3.05) is 6.61 Å². The van der Waals surface area contributed by atoms with Crippen molar-refractivity contribution >= 4 is 5.97 Å². The van der Waals surface area contributed by atoms with Crippen molar-refractivity contribution in [3.63, 3.8) is 0 Å². The van der Waals surface area contributed by atoms with E-state index in [1.807, 2.05) is 0 Å². The molecule has 4 nitrogen and oxygen atoms in total. The summed E-state index contributed by atoms with van der Waals surface area (Å²) in [7, 11) is 0. The molecule has 0 aliphatic rings. The third-order valence-corrected chi connectivity index (χ3v) is 1.07. The first-order chi connectivity index (χ1) is 6.34. The minimum absolute atomic E-state index is 0. The molecule has 0 saturated heterocycles. The molecule has 0 aromatic carbocycles. The van der Waals surface area contributed by atoms with Gasteiger partial charge in [-0.15, -0.1) is 0 Å². The summed E-state index contributed by atoms with van der Waals surface area (Å²) in [5, 5.41) is 8.48. The van der Waals surface area contributed by atoms with Crippen LogP contribution < -0.4 is 0 Å². The van der Waals surface area contributed by atoms with Crippen molar-refractivity contribution in [3.8, 4) is 0 Å². The molecule has 0 aliphatic heterocycles. The second-order valence-electron chi connectivity index (χ2n) is 2.03. The Kier molecular flexibility index (Phi) is 6.85. The van der Waals surface area contributed by atoms with Gasteiger partial charge in [-0.2, -0.15) is 13.2 Å². The number of aliphatic hydroxyl groups excluding tert-OH is 1. The summed E-state index contributed by atoms with van der Waals surface area (Å²) in [5.41, 5.74) is -1.46. The monoisotopic (exact) mass is 272 g/mol. The number of hydrogen-bond donors (Lipinski definition) is 1. The van der Waals surface area contributed by atoms with E-state index in [0.29, 0.717) is 0 Å². The molecule has 1 radical (unpaired) electrons. The van der Waals surface area contributed by atoms with Gasteiger partial charge < -0.3 is 9.84 Å². The number of carbonyl (C=O) groups excluding carboxylic acids is 1. The Morgan fingerprint density at radius 3 is 2.27 bits per heavy atom. The van der Waals surface area contributed by atoms with Crippen molar-refractivity contribution in [1.82, 2.24) is 0 Å². The Hall–Kier alpha value is -1.19. The van der Waals surface area contributed by atoms with E-state index < -0.39 is 23.6 Å². The van der Waals surface area contributed by atoms with Gasteiger partial charge in [0.05, 0.1) is 13.2 Å². The van der Waals surface area contributed by atoms with Crippen LogP contribution in [0.5, 0.6) is 0 Å². The fraction of sp³-hybridized carbons (Fsp3) is 0.429. The minimum atomic E-state index is -5.12. The van der Waals surface area contributed by atoms with E-state index in [4.69, 9.17) is 11.7 Å². The smallest absolute Gasteiger partial charge is 0.438 e. The molecular formula is C7H6CuF3NO3. The predicted molar refractivity (Wildman–Crippen MR) is 38.9 cm³/mol. The summed E-state index contributed by atoms with van der Waals surface area (Å²) >= 11 is 0. The van der Waals surface area contributed by atoms with Gasteiger partial charge in [0.15, 0.2) is 0 Å². The Morgan fingerprint density at radius 1 is 1.53 bits per heavy atom. The van der Waals surface area contributed by atoms with Gasteiger partial charge in [-0.05, 0) is 6.92 Å². The number of halogens is 3. The zero-order valence-electron chi connectivity index (χ0n) is 7.35. The van der Waals surface area contributed by atoms with Crippen molar-refractivity contribution in [1.29, 1.82) is 0 Å². The van der Waals surface area contributed by atoms with E-state index in [9.17, 15) is 18.0 Å². The average molecular weight is 273 g/mol. The fourth-order valence-corrected chi connectivity index (χ4v) is 0.529. The van der Waals surface area contributed by atoms with Crippen LogP contribution in [0.15, 0.2) is 11.5 Å². The fourth-order valence-electron chi connectivity index (χ4n) is 0.529. The van der Waals surface area contributed by atoms with Gasteiger partial charge >= 0.3 is 17.8 Å². The van der Waals surface area contributed by atoms with Gasteiger partial charge in [-0.1, -0.05) is 0 Å². The predicted octanol–water partition coefficient (Wildman–Crippen LogP) is 1.80. The SMILES string of the molecule is [C-]#[N+]/C(C(=O)OCC)=C(/O)C(F)(F)F.[Cu]. The second kappa shape index (κ2) is 6.32. The van der Waals surface area contributed by atoms with Crippen LogP contribution in [0.1, 0.15) is 6.92 Å². The largest absolute Gasteiger partial charge is 0.515 e. The van der Waals surface area contributed by atoms with E-state index >= 15 is 0 Å². The average Bonchev–Trinajstić information content (AvgIpc) is 2.04. The van der Waals surface area contributed by atoms with Crippen LogP contribution in [0.2, 0.25) is 0 Å². The molecule has 0 rings (SSSR count). The summed E-state index contributed by atoms with van der Waals surface area (Å²) in [5.74, 6) is -3.72. The summed E-state index contributed by atoms with van der Waals surface area (Å²) in [4.78, 5) is 13.0. The standard InChI is InChI=1S/C7H6F3NO3.Cu/c1-3-14-6(13)4(11-2)5(12)7(8,9)10;/h12H,3H2,1H3;/b5-4+;. The molecule has 0 aromatic heterocycles. The van der Waals surface area contributed by atoms with Crippen LogP contribution >= 0.6 is 0 Å². The molecule has 0 saturated carbocycles. The summed E-state index contributed by atoms with van der Waals surface area (Å²) in [6.07, 6.45) is -5.12. The third-order valence-electron chi connectivity index (χ3n) is 1.07. The molecule has 0 aromatic rings. The molecule has 89 valence electrons. The maximum atomic E-state index is 11.8. The van der Waals surface area contributed by atoms with Crippen LogP contribution in [-0.4, -0.2) is 23.9 Å². The zero-order valence-corrected chi connectivity index (χ0v) is 8.30. The van der Waals surface area contributed by atoms with Crippen LogP contribution in [0.3, 0.4) is 0 Å². The molecule has 0 fully saturated rings. The molecule has 0 spiro atoms. The minimum Gasteiger partial charge on any atom is -0.515 e. The Bertz CT molecular complexity index is 306. The van der Waals surface area contributed by atoms with E-state index in [1.54, 1.807) is 0 Å². The molecule has 0 unspecified atom stereocenters. The molecule has 1 N–H and O–H groups in total. The molecule has 8 heteroatoms. The number of ether oxygens (including phenoxy) is 1. The molecule has 0 bridgehead atoms. The quantitative estimate of drug-likeness (QED) is 0.274. The van der Waals surface area contributed by atoms with Gasteiger partial charge in [-0.3, -0.25) is 4.79 Å². The van der Waals surface area contributed by atoms with E-state index in [2.05, 4.69) is 9.58 Å². The first kappa shape index (κ1) is 16.2. The molecule has 15 heavy (non-hydrogen) atoms. The Balaban J connectivity index is 0. The molecule has 0 atom stereocenters. The van der Waals surface area contributed by atoms with Gasteiger partial charge in [0.2, 0.25) is 5.76 Å². The van der Waals surface area contributed by atoms with Crippen molar-refractivity contribution in [2.45, 2.75) is 13.1 Å². The number of nitrogens with zero attached hydrogens (tertiary/aromatic N) is 1. The van der Waals surface area contributed by atoms with E-state index in [1.165, 1.54) is 6.92 Å². The molecular weight excluding hydrogens is 267 g/mol.